The van der Waals surface area contributed by atoms with E-state index in [0.29, 0.717) is 5.13 Å². The maximum atomic E-state index is 13.8. The van der Waals surface area contributed by atoms with Crippen LogP contribution in [-0.4, -0.2) is 28.1 Å². The Morgan fingerprint density at radius 3 is 2.19 bits per heavy atom. The van der Waals surface area contributed by atoms with E-state index >= 15 is 0 Å². The van der Waals surface area contributed by atoms with Gasteiger partial charge in [0.25, 0.3) is 5.91 Å². The number of amides is 2. The number of hydrogen-bond donors (Lipinski definition) is 2. The molecular weight excluding hydrogens is 362 g/mol. The molecule has 2 amide bonds. The van der Waals surface area contributed by atoms with Crippen LogP contribution in [-0.2, 0) is 4.79 Å². The van der Waals surface area contributed by atoms with Gasteiger partial charge in [0.05, 0.1) is 0 Å². The van der Waals surface area contributed by atoms with Gasteiger partial charge in [-0.3, -0.25) is 14.9 Å². The average Bonchev–Trinajstić information content (AvgIpc) is 3.00. The molecule has 9 heteroatoms. The highest BCUT2D eigenvalue weighted by Crippen LogP contribution is 2.23. The molecule has 26 heavy (non-hydrogen) atoms. The van der Waals surface area contributed by atoms with E-state index in [1.165, 1.54) is 11.3 Å². The third kappa shape index (κ3) is 4.60. The van der Waals surface area contributed by atoms with Gasteiger partial charge < -0.3 is 5.32 Å². The number of rotatable bonds is 6. The highest BCUT2D eigenvalue weighted by Gasteiger charge is 2.28. The molecule has 0 aliphatic rings. The molecule has 1 aromatic heterocycles. The number of carbonyl (C=O) groups excluding carboxylic acids is 2. The lowest BCUT2D eigenvalue weighted by Gasteiger charge is -2.21. The summed E-state index contributed by atoms with van der Waals surface area (Å²) in [5, 5.41) is 13.9. The van der Waals surface area contributed by atoms with Crippen molar-refractivity contribution < 1.29 is 18.4 Å². The molecule has 0 saturated carbocycles. The molecule has 0 bridgehead atoms. The minimum Gasteiger partial charge on any atom is -0.340 e. The van der Waals surface area contributed by atoms with Gasteiger partial charge in [-0.15, -0.1) is 10.2 Å². The molecule has 6 nitrogen and oxygen atoms in total. The second-order valence-electron chi connectivity index (χ2n) is 6.38. The topological polar surface area (TPSA) is 84.0 Å². The number of hydrogen-bond acceptors (Lipinski definition) is 5. The molecule has 1 atom stereocenters. The average molecular weight is 382 g/mol. The van der Waals surface area contributed by atoms with Crippen LogP contribution in [0.1, 0.15) is 49.0 Å². The van der Waals surface area contributed by atoms with E-state index < -0.39 is 35.1 Å². The largest absolute Gasteiger partial charge is 0.340 e. The van der Waals surface area contributed by atoms with Crippen molar-refractivity contribution in [2.45, 2.75) is 39.7 Å². The summed E-state index contributed by atoms with van der Waals surface area (Å²) >= 11 is 1.23. The minimum absolute atomic E-state index is 0.169. The third-order valence-electron chi connectivity index (χ3n) is 3.59. The van der Waals surface area contributed by atoms with Gasteiger partial charge in [0, 0.05) is 5.92 Å². The van der Waals surface area contributed by atoms with Crippen molar-refractivity contribution >= 4 is 28.3 Å². The predicted octanol–water partition coefficient (Wildman–Crippen LogP) is 3.33. The van der Waals surface area contributed by atoms with Crippen molar-refractivity contribution in [1.82, 2.24) is 15.5 Å². The van der Waals surface area contributed by atoms with Gasteiger partial charge in [-0.2, -0.15) is 0 Å². The fraction of sp³-hybridized carbons (Fsp3) is 0.412. The number of aromatic nitrogens is 2. The van der Waals surface area contributed by atoms with Gasteiger partial charge in [0.15, 0.2) is 0 Å². The Morgan fingerprint density at radius 2 is 1.69 bits per heavy atom. The molecule has 140 valence electrons. The first-order valence-electron chi connectivity index (χ1n) is 8.09. The van der Waals surface area contributed by atoms with E-state index in [1.807, 2.05) is 13.8 Å². The smallest absolute Gasteiger partial charge is 0.257 e. The summed E-state index contributed by atoms with van der Waals surface area (Å²) in [5.41, 5.74) is -0.719. The van der Waals surface area contributed by atoms with Crippen LogP contribution in [0.2, 0.25) is 0 Å². The summed E-state index contributed by atoms with van der Waals surface area (Å²) in [6.07, 6.45) is 0. The number of benzene rings is 1. The van der Waals surface area contributed by atoms with E-state index in [-0.39, 0.29) is 11.8 Å². The second-order valence-corrected chi connectivity index (χ2v) is 7.39. The Kier molecular flexibility index (Phi) is 6.36. The number of nitrogens with zero attached hydrogens (tertiary/aromatic N) is 2. The van der Waals surface area contributed by atoms with Crippen molar-refractivity contribution in [2.75, 3.05) is 5.32 Å². The lowest BCUT2D eigenvalue weighted by Crippen LogP contribution is -2.47. The fourth-order valence-corrected chi connectivity index (χ4v) is 2.91. The molecule has 0 saturated heterocycles. The lowest BCUT2D eigenvalue weighted by molar-refractivity contribution is -0.118. The second kappa shape index (κ2) is 8.31. The highest BCUT2D eigenvalue weighted by atomic mass is 32.1. The minimum atomic E-state index is -0.993. The first kappa shape index (κ1) is 19.9. The van der Waals surface area contributed by atoms with Crippen LogP contribution in [0.3, 0.4) is 0 Å². The Morgan fingerprint density at radius 1 is 1.08 bits per heavy atom. The Labute approximate surface area is 154 Å². The number of carbonyl (C=O) groups is 2. The van der Waals surface area contributed by atoms with Crippen molar-refractivity contribution in [3.63, 3.8) is 0 Å². The van der Waals surface area contributed by atoms with Gasteiger partial charge >= 0.3 is 0 Å². The molecule has 2 N–H and O–H groups in total. The molecule has 1 aromatic carbocycles. The molecule has 0 radical (unpaired) electrons. The Balaban J connectivity index is 2.14. The summed E-state index contributed by atoms with van der Waals surface area (Å²) < 4.78 is 27.5. The van der Waals surface area contributed by atoms with Gasteiger partial charge in [0.2, 0.25) is 11.0 Å². The van der Waals surface area contributed by atoms with Gasteiger partial charge in [-0.05, 0) is 18.1 Å². The van der Waals surface area contributed by atoms with Gasteiger partial charge in [0.1, 0.15) is 28.2 Å². The first-order chi connectivity index (χ1) is 12.2. The molecule has 1 unspecified atom stereocenters. The van der Waals surface area contributed by atoms with E-state index in [2.05, 4.69) is 20.8 Å². The van der Waals surface area contributed by atoms with Gasteiger partial charge in [-0.1, -0.05) is 45.1 Å². The predicted molar refractivity (Wildman–Crippen MR) is 95.1 cm³/mol. The molecule has 2 aromatic rings. The van der Waals surface area contributed by atoms with Crippen LogP contribution in [0.25, 0.3) is 0 Å². The van der Waals surface area contributed by atoms with E-state index in [0.717, 1.165) is 23.2 Å². The van der Waals surface area contributed by atoms with Crippen molar-refractivity contribution in [1.29, 1.82) is 0 Å². The SMILES string of the molecule is CC(C)c1nnc(NC(=O)C(NC(=O)c2c(F)cccc2F)C(C)C)s1. The summed E-state index contributed by atoms with van der Waals surface area (Å²) in [7, 11) is 0. The maximum Gasteiger partial charge on any atom is 0.257 e. The van der Waals surface area contributed by atoms with Crippen LogP contribution < -0.4 is 10.6 Å². The lowest BCUT2D eigenvalue weighted by atomic mass is 10.0. The standard InChI is InChI=1S/C17H20F2N4O2S/c1-8(2)13(15(25)21-17-23-22-16(26-17)9(3)4)20-14(24)12-10(18)6-5-7-11(12)19/h5-9,13H,1-4H3,(H,20,24)(H,21,23,25). The third-order valence-corrected chi connectivity index (χ3v) is 4.73. The Hall–Kier alpha value is -2.42. The first-order valence-corrected chi connectivity index (χ1v) is 8.91. The molecule has 2 rings (SSSR count). The van der Waals surface area contributed by atoms with E-state index in [1.54, 1.807) is 13.8 Å². The van der Waals surface area contributed by atoms with Crippen LogP contribution in [0, 0.1) is 17.6 Å². The van der Waals surface area contributed by atoms with Crippen LogP contribution in [0.4, 0.5) is 13.9 Å². The monoisotopic (exact) mass is 382 g/mol. The summed E-state index contributed by atoms with van der Waals surface area (Å²) in [6, 6.07) is 2.14. The zero-order chi connectivity index (χ0) is 19.4. The zero-order valence-electron chi connectivity index (χ0n) is 14.8. The van der Waals surface area contributed by atoms with E-state index in [4.69, 9.17) is 0 Å². The van der Waals surface area contributed by atoms with Crippen LogP contribution in [0.5, 0.6) is 0 Å². The highest BCUT2D eigenvalue weighted by molar-refractivity contribution is 7.15. The fourth-order valence-electron chi connectivity index (χ4n) is 2.16. The number of nitrogens with one attached hydrogen (secondary N) is 2. The van der Waals surface area contributed by atoms with Crippen molar-refractivity contribution in [3.05, 3.63) is 40.4 Å². The van der Waals surface area contributed by atoms with Gasteiger partial charge in [-0.25, -0.2) is 8.78 Å². The van der Waals surface area contributed by atoms with Crippen LogP contribution in [0.15, 0.2) is 18.2 Å². The van der Waals surface area contributed by atoms with E-state index in [9.17, 15) is 18.4 Å². The summed E-state index contributed by atoms with van der Waals surface area (Å²) in [4.78, 5) is 24.8. The number of anilines is 1. The van der Waals surface area contributed by atoms with Crippen molar-refractivity contribution in [3.8, 4) is 0 Å². The summed E-state index contributed by atoms with van der Waals surface area (Å²) in [6.45, 7) is 7.32. The van der Waals surface area contributed by atoms with Crippen LogP contribution >= 0.6 is 11.3 Å². The maximum absolute atomic E-state index is 13.8. The molecule has 1 heterocycles. The zero-order valence-corrected chi connectivity index (χ0v) is 15.7. The normalized spacial score (nSPS) is 12.3. The molecule has 0 aliphatic carbocycles. The molecule has 0 aliphatic heterocycles. The molecular formula is C17H20F2N4O2S. The molecule has 0 spiro atoms. The summed E-state index contributed by atoms with van der Waals surface area (Å²) in [5.74, 6) is -3.65. The van der Waals surface area contributed by atoms with Crippen molar-refractivity contribution in [2.24, 2.45) is 5.92 Å². The Bertz CT molecular complexity index is 788. The number of halogens is 2. The molecule has 0 fully saturated rings. The quantitative estimate of drug-likeness (QED) is 0.803.